The summed E-state index contributed by atoms with van der Waals surface area (Å²) >= 11 is 3.31. The fourth-order valence-corrected chi connectivity index (χ4v) is 2.08. The Morgan fingerprint density at radius 3 is 2.60 bits per heavy atom. The number of nitrogens with zero attached hydrogens (tertiary/aromatic N) is 1. The number of carbonyl (C=O) groups excluding carboxylic acids is 1. The Morgan fingerprint density at radius 1 is 1.25 bits per heavy atom. The minimum Gasteiger partial charge on any atom is -0.398 e. The quantitative estimate of drug-likeness (QED) is 0.847. The second-order valence-corrected chi connectivity index (χ2v) is 5.13. The van der Waals surface area contributed by atoms with Crippen LogP contribution in [0, 0.1) is 11.3 Å². The van der Waals surface area contributed by atoms with Gasteiger partial charge in [-0.1, -0.05) is 28.1 Å². The molecule has 0 spiro atoms. The van der Waals surface area contributed by atoms with Crippen molar-refractivity contribution in [2.75, 3.05) is 11.1 Å². The first kappa shape index (κ1) is 14.1. The van der Waals surface area contributed by atoms with Crippen LogP contribution >= 0.6 is 15.9 Å². The van der Waals surface area contributed by atoms with Crippen molar-refractivity contribution in [3.05, 3.63) is 58.1 Å². The van der Waals surface area contributed by atoms with E-state index in [0.717, 1.165) is 10.0 Å². The minimum atomic E-state index is -0.267. The Hall–Kier alpha value is -2.32. The van der Waals surface area contributed by atoms with E-state index in [1.165, 1.54) is 0 Å². The molecule has 2 aromatic rings. The maximum Gasteiger partial charge on any atom is 0.257 e. The molecule has 0 saturated heterocycles. The first-order valence-electron chi connectivity index (χ1n) is 5.92. The van der Waals surface area contributed by atoms with Gasteiger partial charge in [0, 0.05) is 15.8 Å². The SMILES string of the molecule is N#CCc1ccc(NC(=O)c2cc(Br)ccc2N)cc1. The molecule has 2 aromatic carbocycles. The van der Waals surface area contributed by atoms with Crippen LogP contribution in [0.15, 0.2) is 46.9 Å². The van der Waals surface area contributed by atoms with Crippen LogP contribution in [0.25, 0.3) is 0 Å². The van der Waals surface area contributed by atoms with Crippen LogP contribution in [0.2, 0.25) is 0 Å². The monoisotopic (exact) mass is 329 g/mol. The topological polar surface area (TPSA) is 78.9 Å². The number of amides is 1. The number of halogens is 1. The van der Waals surface area contributed by atoms with Gasteiger partial charge in [-0.3, -0.25) is 4.79 Å². The summed E-state index contributed by atoms with van der Waals surface area (Å²) in [4.78, 5) is 12.1. The molecule has 1 amide bonds. The van der Waals surface area contributed by atoms with Crippen LogP contribution < -0.4 is 11.1 Å². The van der Waals surface area contributed by atoms with Gasteiger partial charge in [0.2, 0.25) is 0 Å². The van der Waals surface area contributed by atoms with E-state index in [-0.39, 0.29) is 5.91 Å². The lowest BCUT2D eigenvalue weighted by atomic mass is 10.1. The standard InChI is InChI=1S/C15H12BrN3O/c16-11-3-6-14(18)13(9-11)15(20)19-12-4-1-10(2-5-12)7-8-17/h1-6,9H,7,18H2,(H,19,20). The average Bonchev–Trinajstić information content (AvgIpc) is 2.44. The van der Waals surface area contributed by atoms with Crippen molar-refractivity contribution in [2.24, 2.45) is 0 Å². The summed E-state index contributed by atoms with van der Waals surface area (Å²) in [5.74, 6) is -0.267. The number of hydrogen-bond donors (Lipinski definition) is 2. The summed E-state index contributed by atoms with van der Waals surface area (Å²) in [5.41, 5.74) is 8.20. The zero-order valence-electron chi connectivity index (χ0n) is 10.6. The Kier molecular flexibility index (Phi) is 4.38. The van der Waals surface area contributed by atoms with Crippen molar-refractivity contribution in [2.45, 2.75) is 6.42 Å². The highest BCUT2D eigenvalue weighted by Gasteiger charge is 2.10. The van der Waals surface area contributed by atoms with Crippen LogP contribution in [0.1, 0.15) is 15.9 Å². The van der Waals surface area contributed by atoms with Crippen LogP contribution in [0.3, 0.4) is 0 Å². The summed E-state index contributed by atoms with van der Waals surface area (Å²) in [7, 11) is 0. The number of carbonyl (C=O) groups is 1. The molecule has 0 fully saturated rings. The molecular formula is C15H12BrN3O. The summed E-state index contributed by atoms with van der Waals surface area (Å²) in [6.45, 7) is 0. The van der Waals surface area contributed by atoms with Gasteiger partial charge in [0.15, 0.2) is 0 Å². The van der Waals surface area contributed by atoms with E-state index in [2.05, 4.69) is 27.3 Å². The number of nitrogens with one attached hydrogen (secondary N) is 1. The zero-order chi connectivity index (χ0) is 14.5. The summed E-state index contributed by atoms with van der Waals surface area (Å²) in [6, 6.07) is 14.3. The van der Waals surface area contributed by atoms with Crippen molar-refractivity contribution in [1.82, 2.24) is 0 Å². The van der Waals surface area contributed by atoms with Crippen molar-refractivity contribution in [1.29, 1.82) is 5.26 Å². The normalized spacial score (nSPS) is 9.80. The molecule has 0 aliphatic heterocycles. The maximum absolute atomic E-state index is 12.1. The second-order valence-electron chi connectivity index (χ2n) is 4.22. The van der Waals surface area contributed by atoms with E-state index in [0.29, 0.717) is 23.4 Å². The Balaban J connectivity index is 2.15. The molecule has 100 valence electrons. The van der Waals surface area contributed by atoms with E-state index in [9.17, 15) is 4.79 Å². The highest BCUT2D eigenvalue weighted by atomic mass is 79.9. The number of nitriles is 1. The Morgan fingerprint density at radius 2 is 1.95 bits per heavy atom. The highest BCUT2D eigenvalue weighted by Crippen LogP contribution is 2.20. The van der Waals surface area contributed by atoms with Gasteiger partial charge in [-0.25, -0.2) is 0 Å². The van der Waals surface area contributed by atoms with Crippen LogP contribution in [-0.4, -0.2) is 5.91 Å². The molecule has 0 aromatic heterocycles. The lowest BCUT2D eigenvalue weighted by molar-refractivity contribution is 0.102. The van der Waals surface area contributed by atoms with Crippen molar-refractivity contribution >= 4 is 33.2 Å². The molecular weight excluding hydrogens is 318 g/mol. The molecule has 0 heterocycles. The number of nitrogen functional groups attached to an aromatic ring is 1. The van der Waals surface area contributed by atoms with E-state index >= 15 is 0 Å². The average molecular weight is 330 g/mol. The molecule has 0 aliphatic rings. The predicted octanol–water partition coefficient (Wildman–Crippen LogP) is 3.35. The third-order valence-corrected chi connectivity index (χ3v) is 3.25. The fraction of sp³-hybridized carbons (Fsp3) is 0.0667. The molecule has 0 aliphatic carbocycles. The van der Waals surface area contributed by atoms with Gasteiger partial charge in [-0.05, 0) is 35.9 Å². The van der Waals surface area contributed by atoms with E-state index in [4.69, 9.17) is 11.0 Å². The Labute approximate surface area is 125 Å². The molecule has 4 nitrogen and oxygen atoms in total. The van der Waals surface area contributed by atoms with Gasteiger partial charge >= 0.3 is 0 Å². The number of benzene rings is 2. The summed E-state index contributed by atoms with van der Waals surface area (Å²) in [6.07, 6.45) is 0.354. The summed E-state index contributed by atoms with van der Waals surface area (Å²) in [5, 5.41) is 11.4. The summed E-state index contributed by atoms with van der Waals surface area (Å²) < 4.78 is 0.793. The van der Waals surface area contributed by atoms with Crippen LogP contribution in [0.5, 0.6) is 0 Å². The smallest absolute Gasteiger partial charge is 0.257 e. The number of anilines is 2. The molecule has 0 saturated carbocycles. The number of hydrogen-bond acceptors (Lipinski definition) is 3. The van der Waals surface area contributed by atoms with Crippen LogP contribution in [-0.2, 0) is 6.42 Å². The number of nitrogens with two attached hydrogens (primary N) is 1. The van der Waals surface area contributed by atoms with Crippen molar-refractivity contribution < 1.29 is 4.79 Å². The maximum atomic E-state index is 12.1. The minimum absolute atomic E-state index is 0.267. The van der Waals surface area contributed by atoms with Gasteiger partial charge < -0.3 is 11.1 Å². The van der Waals surface area contributed by atoms with Crippen LogP contribution in [0.4, 0.5) is 11.4 Å². The van der Waals surface area contributed by atoms with Gasteiger partial charge in [-0.2, -0.15) is 5.26 Å². The van der Waals surface area contributed by atoms with Crippen molar-refractivity contribution in [3.8, 4) is 6.07 Å². The predicted molar refractivity (Wildman–Crippen MR) is 82.3 cm³/mol. The second kappa shape index (κ2) is 6.22. The van der Waals surface area contributed by atoms with Crippen molar-refractivity contribution in [3.63, 3.8) is 0 Å². The number of rotatable bonds is 3. The first-order chi connectivity index (χ1) is 9.60. The fourth-order valence-electron chi connectivity index (χ4n) is 1.72. The molecule has 5 heteroatoms. The van der Waals surface area contributed by atoms with E-state index in [1.54, 1.807) is 30.3 Å². The van der Waals surface area contributed by atoms with E-state index in [1.807, 2.05) is 12.1 Å². The molecule has 3 N–H and O–H groups in total. The Bertz CT molecular complexity index is 675. The first-order valence-corrected chi connectivity index (χ1v) is 6.71. The lowest BCUT2D eigenvalue weighted by Crippen LogP contribution is -2.14. The van der Waals surface area contributed by atoms with Gasteiger partial charge in [0.05, 0.1) is 18.1 Å². The zero-order valence-corrected chi connectivity index (χ0v) is 12.1. The van der Waals surface area contributed by atoms with Gasteiger partial charge in [-0.15, -0.1) is 0 Å². The van der Waals surface area contributed by atoms with Gasteiger partial charge in [0.1, 0.15) is 0 Å². The molecule has 2 rings (SSSR count). The third kappa shape index (κ3) is 3.37. The van der Waals surface area contributed by atoms with Gasteiger partial charge in [0.25, 0.3) is 5.91 Å². The largest absolute Gasteiger partial charge is 0.398 e. The molecule has 0 radical (unpaired) electrons. The molecule has 0 unspecified atom stereocenters. The molecule has 20 heavy (non-hydrogen) atoms. The third-order valence-electron chi connectivity index (χ3n) is 2.75. The molecule has 0 bridgehead atoms. The lowest BCUT2D eigenvalue weighted by Gasteiger charge is -2.08. The highest BCUT2D eigenvalue weighted by molar-refractivity contribution is 9.10. The molecule has 0 atom stereocenters. The van der Waals surface area contributed by atoms with E-state index < -0.39 is 0 Å².